The maximum atomic E-state index is 8.66. The number of aromatic nitrogens is 1. The van der Waals surface area contributed by atoms with E-state index in [9.17, 15) is 0 Å². The van der Waals surface area contributed by atoms with Gasteiger partial charge < -0.3 is 9.73 Å². The predicted molar refractivity (Wildman–Crippen MR) is 67.8 cm³/mol. The van der Waals surface area contributed by atoms with Crippen molar-refractivity contribution in [2.75, 3.05) is 6.26 Å². The third-order valence-electron chi connectivity index (χ3n) is 2.39. The van der Waals surface area contributed by atoms with Gasteiger partial charge in [0.1, 0.15) is 5.03 Å². The lowest BCUT2D eigenvalue weighted by Crippen LogP contribution is -1.86. The van der Waals surface area contributed by atoms with Crippen molar-refractivity contribution in [1.82, 2.24) is 5.16 Å². The van der Waals surface area contributed by atoms with Gasteiger partial charge in [-0.3, -0.25) is 0 Å². The van der Waals surface area contributed by atoms with E-state index in [-0.39, 0.29) is 0 Å². The fourth-order valence-electron chi connectivity index (χ4n) is 1.51. The van der Waals surface area contributed by atoms with Gasteiger partial charge in [-0.25, -0.2) is 0 Å². The lowest BCUT2D eigenvalue weighted by atomic mass is 10.1. The number of rotatable bonds is 3. The number of benzene rings is 1. The van der Waals surface area contributed by atoms with Crippen LogP contribution in [0.15, 0.2) is 39.0 Å². The second-order valence-electron chi connectivity index (χ2n) is 3.55. The van der Waals surface area contributed by atoms with Gasteiger partial charge in [0.05, 0.1) is 11.8 Å². The van der Waals surface area contributed by atoms with E-state index in [1.54, 1.807) is 0 Å². The molecule has 2 rings (SSSR count). The highest BCUT2D eigenvalue weighted by Gasteiger charge is 2.15. The average molecular weight is 248 g/mol. The Morgan fingerprint density at radius 1 is 1.35 bits per heavy atom. The Bertz CT molecular complexity index is 532. The lowest BCUT2D eigenvalue weighted by Gasteiger charge is -1.98. The van der Waals surface area contributed by atoms with Crippen molar-refractivity contribution in [1.29, 1.82) is 0 Å². The van der Waals surface area contributed by atoms with E-state index >= 15 is 0 Å². The van der Waals surface area contributed by atoms with E-state index < -0.39 is 0 Å². The molecule has 2 aromatic rings. The fourth-order valence-corrected chi connectivity index (χ4v) is 1.99. The second-order valence-corrected chi connectivity index (χ2v) is 4.34. The molecule has 1 aromatic carbocycles. The first-order chi connectivity index (χ1) is 8.26. The van der Waals surface area contributed by atoms with Gasteiger partial charge in [0.25, 0.3) is 0 Å². The molecule has 17 heavy (non-hydrogen) atoms. The highest BCUT2D eigenvalue weighted by molar-refractivity contribution is 7.98. The first kappa shape index (κ1) is 11.7. The first-order valence-corrected chi connectivity index (χ1v) is 6.27. The molecule has 1 N–H and O–H groups in total. The summed E-state index contributed by atoms with van der Waals surface area (Å²) < 4.78 is 5.29. The Kier molecular flexibility index (Phi) is 3.49. The molecule has 0 bridgehead atoms. The highest BCUT2D eigenvalue weighted by Crippen LogP contribution is 2.29. The molecule has 0 atom stereocenters. The monoisotopic (exact) mass is 248 g/mol. The van der Waals surface area contributed by atoms with Gasteiger partial charge in [0, 0.05) is 5.56 Å². The maximum Gasteiger partial charge on any atom is 0.176 e. The standard InChI is InChI=1S/C12H12N2O2S/c1-8-3-5-9(6-4-8)11-10(7-13-15)12(17-2)14-16-11/h3-7,15H,1-2H3/b13-7+. The molecule has 4 nitrogen and oxygen atoms in total. The number of hydrogen-bond acceptors (Lipinski definition) is 5. The molecule has 0 amide bonds. The Hall–Kier alpha value is -1.75. The predicted octanol–water partition coefficient (Wildman–Crippen LogP) is 3.18. The van der Waals surface area contributed by atoms with Crippen LogP contribution in [0.25, 0.3) is 11.3 Å². The third-order valence-corrected chi connectivity index (χ3v) is 3.07. The molecule has 0 aliphatic heterocycles. The van der Waals surface area contributed by atoms with Gasteiger partial charge in [-0.05, 0) is 13.2 Å². The van der Waals surface area contributed by atoms with E-state index in [1.807, 2.05) is 37.4 Å². The normalized spacial score (nSPS) is 11.2. The number of thioether (sulfide) groups is 1. The van der Waals surface area contributed by atoms with Crippen LogP contribution in [0.1, 0.15) is 11.1 Å². The molecule has 0 aliphatic carbocycles. The van der Waals surface area contributed by atoms with Crippen LogP contribution >= 0.6 is 11.8 Å². The van der Waals surface area contributed by atoms with E-state index in [2.05, 4.69) is 10.3 Å². The largest absolute Gasteiger partial charge is 0.411 e. The van der Waals surface area contributed by atoms with Crippen molar-refractivity contribution in [2.45, 2.75) is 11.9 Å². The molecule has 1 aromatic heterocycles. The Morgan fingerprint density at radius 2 is 2.06 bits per heavy atom. The third kappa shape index (κ3) is 2.34. The van der Waals surface area contributed by atoms with Crippen LogP contribution in [0, 0.1) is 6.92 Å². The van der Waals surface area contributed by atoms with Crippen molar-refractivity contribution < 1.29 is 9.73 Å². The maximum absolute atomic E-state index is 8.66. The zero-order valence-corrected chi connectivity index (χ0v) is 10.4. The topological polar surface area (TPSA) is 58.6 Å². The molecule has 0 radical (unpaired) electrons. The van der Waals surface area contributed by atoms with E-state index in [0.29, 0.717) is 16.3 Å². The summed E-state index contributed by atoms with van der Waals surface area (Å²) in [6.45, 7) is 2.02. The SMILES string of the molecule is CSc1noc(-c2ccc(C)cc2)c1/C=N/O. The molecular formula is C12H12N2O2S. The van der Waals surface area contributed by atoms with Gasteiger partial charge in [0.15, 0.2) is 5.76 Å². The quantitative estimate of drug-likeness (QED) is 0.392. The summed E-state index contributed by atoms with van der Waals surface area (Å²) in [6.07, 6.45) is 3.24. The molecular weight excluding hydrogens is 236 g/mol. The molecule has 5 heteroatoms. The molecule has 0 unspecified atom stereocenters. The average Bonchev–Trinajstić information content (AvgIpc) is 2.74. The van der Waals surface area contributed by atoms with Crippen molar-refractivity contribution in [3.05, 3.63) is 35.4 Å². The number of aryl methyl sites for hydroxylation is 1. The van der Waals surface area contributed by atoms with Gasteiger partial charge in [0.2, 0.25) is 0 Å². The smallest absolute Gasteiger partial charge is 0.176 e. The zero-order chi connectivity index (χ0) is 12.3. The molecule has 88 valence electrons. The second kappa shape index (κ2) is 5.05. The minimum atomic E-state index is 0.618. The van der Waals surface area contributed by atoms with Crippen molar-refractivity contribution in [3.63, 3.8) is 0 Å². The van der Waals surface area contributed by atoms with E-state index in [0.717, 1.165) is 5.56 Å². The van der Waals surface area contributed by atoms with Crippen LogP contribution in [0.2, 0.25) is 0 Å². The highest BCUT2D eigenvalue weighted by atomic mass is 32.2. The summed E-state index contributed by atoms with van der Waals surface area (Å²) in [6, 6.07) is 7.90. The Labute approximate surface area is 103 Å². The summed E-state index contributed by atoms with van der Waals surface area (Å²) in [5.74, 6) is 0.618. The number of hydrogen-bond donors (Lipinski definition) is 1. The fraction of sp³-hybridized carbons (Fsp3) is 0.167. The minimum absolute atomic E-state index is 0.618. The molecule has 1 heterocycles. The van der Waals surface area contributed by atoms with Gasteiger partial charge in [-0.1, -0.05) is 40.1 Å². The molecule has 0 spiro atoms. The zero-order valence-electron chi connectivity index (χ0n) is 9.54. The van der Waals surface area contributed by atoms with Crippen LogP contribution in [-0.4, -0.2) is 22.8 Å². The molecule has 0 saturated carbocycles. The summed E-state index contributed by atoms with van der Waals surface area (Å²) in [4.78, 5) is 0. The van der Waals surface area contributed by atoms with Crippen molar-refractivity contribution >= 4 is 18.0 Å². The van der Waals surface area contributed by atoms with Crippen LogP contribution in [0.4, 0.5) is 0 Å². The summed E-state index contributed by atoms with van der Waals surface area (Å²) >= 11 is 1.45. The van der Waals surface area contributed by atoms with Gasteiger partial charge in [-0.15, -0.1) is 11.8 Å². The lowest BCUT2D eigenvalue weighted by molar-refractivity contribution is 0.321. The molecule has 0 aliphatic rings. The molecule has 0 fully saturated rings. The van der Waals surface area contributed by atoms with Crippen molar-refractivity contribution in [3.8, 4) is 11.3 Å². The van der Waals surface area contributed by atoms with Gasteiger partial charge >= 0.3 is 0 Å². The van der Waals surface area contributed by atoms with E-state index in [1.165, 1.54) is 23.5 Å². The van der Waals surface area contributed by atoms with Crippen LogP contribution in [-0.2, 0) is 0 Å². The van der Waals surface area contributed by atoms with Crippen LogP contribution in [0.5, 0.6) is 0 Å². The van der Waals surface area contributed by atoms with Crippen LogP contribution < -0.4 is 0 Å². The van der Waals surface area contributed by atoms with E-state index in [4.69, 9.17) is 9.73 Å². The van der Waals surface area contributed by atoms with Gasteiger partial charge in [-0.2, -0.15) is 0 Å². The van der Waals surface area contributed by atoms with Crippen molar-refractivity contribution in [2.24, 2.45) is 5.16 Å². The summed E-state index contributed by atoms with van der Waals surface area (Å²) in [5.41, 5.74) is 2.79. The van der Waals surface area contributed by atoms with Crippen LogP contribution in [0.3, 0.4) is 0 Å². The number of oxime groups is 1. The summed E-state index contributed by atoms with van der Waals surface area (Å²) in [5, 5.41) is 16.4. The minimum Gasteiger partial charge on any atom is -0.411 e. The molecule has 0 saturated heterocycles. The Balaban J connectivity index is 2.51. The number of nitrogens with zero attached hydrogens (tertiary/aromatic N) is 2. The first-order valence-electron chi connectivity index (χ1n) is 5.04. The summed E-state index contributed by atoms with van der Waals surface area (Å²) in [7, 11) is 0. The Morgan fingerprint density at radius 3 is 2.65 bits per heavy atom.